The quantitative estimate of drug-likeness (QED) is 0.373. The molecule has 0 aromatic heterocycles. The minimum atomic E-state index is -1.21. The molecule has 1 aromatic rings. The van der Waals surface area contributed by atoms with Crippen LogP contribution in [0.1, 0.15) is 5.56 Å². The Bertz CT molecular complexity index is 376. The van der Waals surface area contributed by atoms with Crippen molar-refractivity contribution in [1.82, 2.24) is 0 Å². The minimum absolute atomic E-state index is 0.159. The van der Waals surface area contributed by atoms with Crippen LogP contribution < -0.4 is 0 Å². The highest BCUT2D eigenvalue weighted by molar-refractivity contribution is 7.80. The van der Waals surface area contributed by atoms with Crippen LogP contribution in [0.25, 0.3) is 0 Å². The Kier molecular flexibility index (Phi) is 3.26. The summed E-state index contributed by atoms with van der Waals surface area (Å²) in [7, 11) is 0. The van der Waals surface area contributed by atoms with Gasteiger partial charge in [0, 0.05) is 6.07 Å². The molecule has 0 unspecified atom stereocenters. The summed E-state index contributed by atoms with van der Waals surface area (Å²) in [6.07, 6.45) is 0. The summed E-state index contributed by atoms with van der Waals surface area (Å²) in [5.41, 5.74) is -0.159. The fourth-order valence-electron chi connectivity index (χ4n) is 0.753. The van der Waals surface area contributed by atoms with E-state index in [2.05, 4.69) is 24.5 Å². The molecule has 0 aliphatic heterocycles. The van der Waals surface area contributed by atoms with Gasteiger partial charge in [0.25, 0.3) is 0 Å². The first kappa shape index (κ1) is 10.0. The van der Waals surface area contributed by atoms with Crippen LogP contribution in [0.5, 0.6) is 0 Å². The van der Waals surface area contributed by atoms with E-state index in [9.17, 15) is 13.2 Å². The van der Waals surface area contributed by atoms with Crippen LogP contribution in [-0.2, 0) is 0 Å². The van der Waals surface area contributed by atoms with Crippen LogP contribution >= 0.6 is 12.6 Å². The van der Waals surface area contributed by atoms with E-state index in [4.69, 9.17) is 0 Å². The molecule has 0 saturated carbocycles. The molecule has 0 spiro atoms. The van der Waals surface area contributed by atoms with Crippen molar-refractivity contribution in [2.75, 3.05) is 5.75 Å². The summed E-state index contributed by atoms with van der Waals surface area (Å²) in [6.45, 7) is 0. The van der Waals surface area contributed by atoms with Crippen molar-refractivity contribution in [1.29, 1.82) is 0 Å². The van der Waals surface area contributed by atoms with Gasteiger partial charge in [0.15, 0.2) is 11.6 Å². The third-order valence-corrected chi connectivity index (χ3v) is 1.47. The maximum absolute atomic E-state index is 12.8. The standard InChI is InChI=1S/C9H5F3S/c10-7-5-9(12)8(11)4-6(7)2-1-3-13/h4-5,13H,3H2. The number of halogens is 3. The maximum atomic E-state index is 12.8. The lowest BCUT2D eigenvalue weighted by Crippen LogP contribution is -1.90. The van der Waals surface area contributed by atoms with E-state index >= 15 is 0 Å². The van der Waals surface area contributed by atoms with Gasteiger partial charge in [-0.15, -0.1) is 0 Å². The van der Waals surface area contributed by atoms with Crippen LogP contribution in [0.4, 0.5) is 13.2 Å². The van der Waals surface area contributed by atoms with Crippen molar-refractivity contribution in [2.24, 2.45) is 0 Å². The van der Waals surface area contributed by atoms with Crippen molar-refractivity contribution < 1.29 is 13.2 Å². The molecule has 0 atom stereocenters. The largest absolute Gasteiger partial charge is 0.206 e. The molecule has 0 saturated heterocycles. The van der Waals surface area contributed by atoms with Gasteiger partial charge in [0.05, 0.1) is 11.3 Å². The van der Waals surface area contributed by atoms with E-state index in [1.54, 1.807) is 0 Å². The topological polar surface area (TPSA) is 0 Å². The zero-order chi connectivity index (χ0) is 9.84. The third kappa shape index (κ3) is 2.43. The Morgan fingerprint density at radius 3 is 2.31 bits per heavy atom. The molecule has 0 aliphatic rings. The average Bonchev–Trinajstić information content (AvgIpc) is 2.09. The number of hydrogen-bond acceptors (Lipinski definition) is 1. The highest BCUT2D eigenvalue weighted by Crippen LogP contribution is 2.12. The molecule has 0 aliphatic carbocycles. The van der Waals surface area contributed by atoms with E-state index in [1.807, 2.05) is 0 Å². The molecule has 1 rings (SSSR count). The lowest BCUT2D eigenvalue weighted by atomic mass is 10.2. The van der Waals surface area contributed by atoms with Gasteiger partial charge in [-0.2, -0.15) is 12.6 Å². The molecule has 0 nitrogen and oxygen atoms in total. The normalized spacial score (nSPS) is 9.23. The zero-order valence-corrected chi connectivity index (χ0v) is 7.34. The van der Waals surface area contributed by atoms with E-state index in [0.29, 0.717) is 6.07 Å². The van der Waals surface area contributed by atoms with E-state index in [0.717, 1.165) is 6.07 Å². The van der Waals surface area contributed by atoms with Gasteiger partial charge in [-0.25, -0.2) is 13.2 Å². The second-order valence-corrected chi connectivity index (χ2v) is 2.52. The summed E-state index contributed by atoms with van der Waals surface area (Å²) in [5.74, 6) is 1.81. The first-order chi connectivity index (χ1) is 6.15. The van der Waals surface area contributed by atoms with Crippen LogP contribution in [0.3, 0.4) is 0 Å². The number of rotatable bonds is 0. The first-order valence-corrected chi connectivity index (χ1v) is 4.02. The molecule has 13 heavy (non-hydrogen) atoms. The van der Waals surface area contributed by atoms with Gasteiger partial charge in [-0.3, -0.25) is 0 Å². The monoisotopic (exact) mass is 202 g/mol. The number of benzene rings is 1. The minimum Gasteiger partial charge on any atom is -0.206 e. The van der Waals surface area contributed by atoms with Crippen LogP contribution in [0, 0.1) is 29.3 Å². The predicted molar refractivity (Wildman–Crippen MR) is 47.0 cm³/mol. The molecule has 68 valence electrons. The second kappa shape index (κ2) is 4.24. The van der Waals surface area contributed by atoms with Gasteiger partial charge in [-0.1, -0.05) is 11.8 Å². The molecule has 0 heterocycles. The van der Waals surface area contributed by atoms with Gasteiger partial charge in [0.1, 0.15) is 5.82 Å². The Morgan fingerprint density at radius 1 is 1.08 bits per heavy atom. The Labute approximate surface area is 79.2 Å². The second-order valence-electron chi connectivity index (χ2n) is 2.21. The highest BCUT2D eigenvalue weighted by Gasteiger charge is 2.07. The van der Waals surface area contributed by atoms with Gasteiger partial charge in [-0.05, 0) is 6.07 Å². The molecule has 1 aromatic carbocycles. The summed E-state index contributed by atoms with van der Waals surface area (Å²) < 4.78 is 37.8. The summed E-state index contributed by atoms with van der Waals surface area (Å²) in [5, 5.41) is 0. The average molecular weight is 202 g/mol. The maximum Gasteiger partial charge on any atom is 0.161 e. The number of hydrogen-bond donors (Lipinski definition) is 1. The Balaban J connectivity index is 3.16. The molecule has 0 fully saturated rings. The number of thiol groups is 1. The molecule has 0 radical (unpaired) electrons. The molecule has 0 bridgehead atoms. The van der Waals surface area contributed by atoms with Crippen LogP contribution in [-0.4, -0.2) is 5.75 Å². The third-order valence-electron chi connectivity index (χ3n) is 1.31. The van der Waals surface area contributed by atoms with E-state index in [1.165, 1.54) is 0 Å². The van der Waals surface area contributed by atoms with Crippen LogP contribution in [0.2, 0.25) is 0 Å². The molecule has 0 N–H and O–H groups in total. The Hall–Kier alpha value is -1.08. The molecular weight excluding hydrogens is 197 g/mol. The van der Waals surface area contributed by atoms with Gasteiger partial charge >= 0.3 is 0 Å². The highest BCUT2D eigenvalue weighted by atomic mass is 32.1. The first-order valence-electron chi connectivity index (χ1n) is 3.39. The van der Waals surface area contributed by atoms with Crippen molar-refractivity contribution >= 4 is 12.6 Å². The molecule has 4 heteroatoms. The van der Waals surface area contributed by atoms with Crippen LogP contribution in [0.15, 0.2) is 12.1 Å². The molecular formula is C9H5F3S. The summed E-state index contributed by atoms with van der Waals surface area (Å²) in [4.78, 5) is 0. The zero-order valence-electron chi connectivity index (χ0n) is 6.44. The van der Waals surface area contributed by atoms with E-state index in [-0.39, 0.29) is 11.3 Å². The van der Waals surface area contributed by atoms with Crippen molar-refractivity contribution in [3.63, 3.8) is 0 Å². The SMILES string of the molecule is Fc1cc(F)c(C#CCS)cc1F. The van der Waals surface area contributed by atoms with Crippen molar-refractivity contribution in [3.8, 4) is 11.8 Å². The smallest absolute Gasteiger partial charge is 0.161 e. The Morgan fingerprint density at radius 2 is 1.69 bits per heavy atom. The summed E-state index contributed by atoms with van der Waals surface area (Å²) in [6, 6.07) is 1.19. The fraction of sp³-hybridized carbons (Fsp3) is 0.111. The van der Waals surface area contributed by atoms with E-state index < -0.39 is 17.5 Å². The van der Waals surface area contributed by atoms with Gasteiger partial charge in [0.2, 0.25) is 0 Å². The lowest BCUT2D eigenvalue weighted by molar-refractivity contribution is 0.494. The van der Waals surface area contributed by atoms with Gasteiger partial charge < -0.3 is 0 Å². The van der Waals surface area contributed by atoms with Crippen molar-refractivity contribution in [2.45, 2.75) is 0 Å². The molecule has 0 amide bonds. The fourth-order valence-corrected chi connectivity index (χ4v) is 0.832. The van der Waals surface area contributed by atoms with Crippen molar-refractivity contribution in [3.05, 3.63) is 35.1 Å². The lowest BCUT2D eigenvalue weighted by Gasteiger charge is -1.95. The predicted octanol–water partition coefficient (Wildman–Crippen LogP) is 2.39. The summed E-state index contributed by atoms with van der Waals surface area (Å²) >= 11 is 3.77.